The van der Waals surface area contributed by atoms with Gasteiger partial charge in [-0.3, -0.25) is 9.59 Å². The van der Waals surface area contributed by atoms with E-state index in [-0.39, 0.29) is 48.1 Å². The first-order chi connectivity index (χ1) is 13.6. The fraction of sp³-hybridized carbons (Fsp3) is 0.636. The smallest absolute Gasteiger partial charge is 0.231 e. The van der Waals surface area contributed by atoms with E-state index in [1.54, 1.807) is 4.90 Å². The molecule has 2 amide bonds. The molecule has 3 heterocycles. The maximum absolute atomic E-state index is 13.5. The molecule has 0 spiro atoms. The Labute approximate surface area is 172 Å². The van der Waals surface area contributed by atoms with Crippen LogP contribution in [0.3, 0.4) is 0 Å². The minimum Gasteiger partial charge on any atom is -0.454 e. The van der Waals surface area contributed by atoms with Gasteiger partial charge in [0.15, 0.2) is 11.5 Å². The van der Waals surface area contributed by atoms with Gasteiger partial charge >= 0.3 is 0 Å². The van der Waals surface area contributed by atoms with Gasteiger partial charge in [0.05, 0.1) is 5.92 Å². The summed E-state index contributed by atoms with van der Waals surface area (Å²) in [6.45, 7) is 9.44. The van der Waals surface area contributed by atoms with Crippen LogP contribution in [-0.2, 0) is 16.1 Å². The Hall–Kier alpha value is -2.28. The first kappa shape index (κ1) is 20.0. The molecule has 2 N–H and O–H groups in total. The zero-order chi connectivity index (χ0) is 21.0. The number of hydrogen-bond donors (Lipinski definition) is 1. The van der Waals surface area contributed by atoms with Crippen LogP contribution >= 0.6 is 0 Å². The van der Waals surface area contributed by atoms with E-state index in [1.807, 2.05) is 23.1 Å². The van der Waals surface area contributed by atoms with Crippen molar-refractivity contribution in [3.05, 3.63) is 23.8 Å². The highest BCUT2D eigenvalue weighted by Crippen LogP contribution is 2.40. The van der Waals surface area contributed by atoms with Gasteiger partial charge in [-0.15, -0.1) is 0 Å². The quantitative estimate of drug-likeness (QED) is 0.840. The van der Waals surface area contributed by atoms with Gasteiger partial charge in [0.25, 0.3) is 0 Å². The average Bonchev–Trinajstić information content (AvgIpc) is 3.18. The van der Waals surface area contributed by atoms with Crippen LogP contribution in [0.2, 0.25) is 0 Å². The molecule has 1 aromatic rings. The zero-order valence-corrected chi connectivity index (χ0v) is 17.7. The van der Waals surface area contributed by atoms with Crippen LogP contribution in [0.25, 0.3) is 0 Å². The Morgan fingerprint density at radius 3 is 2.48 bits per heavy atom. The Morgan fingerprint density at radius 1 is 1.14 bits per heavy atom. The van der Waals surface area contributed by atoms with Gasteiger partial charge in [0.1, 0.15) is 0 Å². The lowest BCUT2D eigenvalue weighted by Crippen LogP contribution is -2.66. The summed E-state index contributed by atoms with van der Waals surface area (Å²) in [6.07, 6.45) is 1.80. The Balaban J connectivity index is 1.48. The Bertz CT molecular complexity index is 817. The van der Waals surface area contributed by atoms with Crippen molar-refractivity contribution in [1.82, 2.24) is 9.80 Å². The number of fused-ring (bicyclic) bond motifs is 1. The Morgan fingerprint density at radius 2 is 1.79 bits per heavy atom. The molecule has 7 heteroatoms. The van der Waals surface area contributed by atoms with Crippen LogP contribution in [0.1, 0.15) is 52.5 Å². The third-order valence-corrected chi connectivity index (χ3v) is 6.33. The number of carbonyl (C=O) groups excluding carboxylic acids is 2. The van der Waals surface area contributed by atoms with Crippen LogP contribution in [0.4, 0.5) is 0 Å². The summed E-state index contributed by atoms with van der Waals surface area (Å²) < 4.78 is 10.8. The van der Waals surface area contributed by atoms with Crippen LogP contribution in [0, 0.1) is 5.92 Å². The van der Waals surface area contributed by atoms with E-state index in [1.165, 1.54) is 0 Å². The van der Waals surface area contributed by atoms with E-state index in [9.17, 15) is 9.59 Å². The molecule has 4 rings (SSSR count). The first-order valence-electron chi connectivity index (χ1n) is 10.3. The summed E-state index contributed by atoms with van der Waals surface area (Å²) in [6, 6.07) is 5.79. The molecular formula is C22H31N3O4. The fourth-order valence-corrected chi connectivity index (χ4v) is 5.49. The summed E-state index contributed by atoms with van der Waals surface area (Å²) >= 11 is 0. The van der Waals surface area contributed by atoms with Gasteiger partial charge in [-0.1, -0.05) is 6.07 Å². The number of benzene rings is 1. The summed E-state index contributed by atoms with van der Waals surface area (Å²) in [4.78, 5) is 29.9. The largest absolute Gasteiger partial charge is 0.454 e. The summed E-state index contributed by atoms with van der Waals surface area (Å²) in [5.74, 6) is 1.19. The SMILES string of the molecule is CC1(C)CC(N)CC(C)(C)N1C(=O)C1CC(=O)N(Cc2ccc3c(c2)OCO3)C1. The van der Waals surface area contributed by atoms with Gasteiger partial charge in [0.2, 0.25) is 18.6 Å². The fourth-order valence-electron chi connectivity index (χ4n) is 5.49. The van der Waals surface area contributed by atoms with Gasteiger partial charge in [-0.2, -0.15) is 0 Å². The predicted molar refractivity (Wildman–Crippen MR) is 108 cm³/mol. The number of likely N-dealkylation sites (tertiary alicyclic amines) is 2. The number of rotatable bonds is 3. The molecule has 1 aromatic carbocycles. The number of nitrogens with two attached hydrogens (primary N) is 1. The average molecular weight is 402 g/mol. The van der Waals surface area contributed by atoms with Crippen molar-refractivity contribution in [3.8, 4) is 11.5 Å². The molecule has 158 valence electrons. The second-order valence-electron chi connectivity index (χ2n) is 9.83. The van der Waals surface area contributed by atoms with E-state index in [2.05, 4.69) is 27.7 Å². The molecule has 3 aliphatic heterocycles. The van der Waals surface area contributed by atoms with Crippen molar-refractivity contribution in [2.75, 3.05) is 13.3 Å². The van der Waals surface area contributed by atoms with Crippen LogP contribution < -0.4 is 15.2 Å². The molecule has 2 fully saturated rings. The molecule has 29 heavy (non-hydrogen) atoms. The van der Waals surface area contributed by atoms with E-state index < -0.39 is 0 Å². The molecule has 1 unspecified atom stereocenters. The summed E-state index contributed by atoms with van der Waals surface area (Å²) in [5.41, 5.74) is 6.57. The number of piperidine rings is 1. The van der Waals surface area contributed by atoms with Gasteiger partial charge in [0, 0.05) is 36.6 Å². The second-order valence-corrected chi connectivity index (χ2v) is 9.83. The minimum atomic E-state index is -0.327. The third-order valence-electron chi connectivity index (χ3n) is 6.33. The Kier molecular flexibility index (Phi) is 4.76. The van der Waals surface area contributed by atoms with Crippen LogP contribution in [-0.4, -0.2) is 52.1 Å². The van der Waals surface area contributed by atoms with E-state index in [4.69, 9.17) is 15.2 Å². The van der Waals surface area contributed by atoms with Crippen molar-refractivity contribution in [3.63, 3.8) is 0 Å². The lowest BCUT2D eigenvalue weighted by Gasteiger charge is -2.55. The van der Waals surface area contributed by atoms with Crippen LogP contribution in [0.5, 0.6) is 11.5 Å². The van der Waals surface area contributed by atoms with Crippen molar-refractivity contribution >= 4 is 11.8 Å². The number of ether oxygens (including phenoxy) is 2. The van der Waals surface area contributed by atoms with Crippen molar-refractivity contribution < 1.29 is 19.1 Å². The van der Waals surface area contributed by atoms with Crippen molar-refractivity contribution in [2.24, 2.45) is 11.7 Å². The van der Waals surface area contributed by atoms with Gasteiger partial charge in [-0.25, -0.2) is 0 Å². The maximum Gasteiger partial charge on any atom is 0.231 e. The minimum absolute atomic E-state index is 0.0188. The van der Waals surface area contributed by atoms with Gasteiger partial charge in [-0.05, 0) is 58.2 Å². The molecule has 0 bridgehead atoms. The lowest BCUT2D eigenvalue weighted by atomic mass is 9.76. The molecule has 1 atom stereocenters. The highest BCUT2D eigenvalue weighted by Gasteiger charge is 2.50. The first-order valence-corrected chi connectivity index (χ1v) is 10.3. The third kappa shape index (κ3) is 3.68. The molecule has 0 radical (unpaired) electrons. The van der Waals surface area contributed by atoms with E-state index >= 15 is 0 Å². The monoisotopic (exact) mass is 401 g/mol. The topological polar surface area (TPSA) is 85.1 Å². The number of nitrogens with zero attached hydrogens (tertiary/aromatic N) is 2. The number of amides is 2. The molecule has 0 saturated carbocycles. The van der Waals surface area contributed by atoms with E-state index in [0.717, 1.165) is 24.2 Å². The van der Waals surface area contributed by atoms with E-state index in [0.29, 0.717) is 18.8 Å². The maximum atomic E-state index is 13.5. The molecule has 0 aromatic heterocycles. The molecular weight excluding hydrogens is 370 g/mol. The van der Waals surface area contributed by atoms with Crippen molar-refractivity contribution in [2.45, 2.75) is 70.6 Å². The summed E-state index contributed by atoms with van der Waals surface area (Å²) in [7, 11) is 0. The second kappa shape index (κ2) is 6.90. The molecule has 2 saturated heterocycles. The normalized spacial score (nSPS) is 25.6. The van der Waals surface area contributed by atoms with Crippen LogP contribution in [0.15, 0.2) is 18.2 Å². The molecule has 0 aliphatic carbocycles. The van der Waals surface area contributed by atoms with Gasteiger partial charge < -0.3 is 25.0 Å². The molecule has 3 aliphatic rings. The number of carbonyl (C=O) groups is 2. The highest BCUT2D eigenvalue weighted by atomic mass is 16.7. The molecule has 7 nitrogen and oxygen atoms in total. The predicted octanol–water partition coefficient (Wildman–Crippen LogP) is 2.27. The lowest BCUT2D eigenvalue weighted by molar-refractivity contribution is -0.154. The summed E-state index contributed by atoms with van der Waals surface area (Å²) in [5, 5.41) is 0. The highest BCUT2D eigenvalue weighted by molar-refractivity contribution is 5.90. The van der Waals surface area contributed by atoms with Crippen molar-refractivity contribution in [1.29, 1.82) is 0 Å². The number of hydrogen-bond acceptors (Lipinski definition) is 5. The zero-order valence-electron chi connectivity index (χ0n) is 17.7. The standard InChI is InChI=1S/C22H31N3O4/c1-21(2)9-16(23)10-22(3,4)25(21)20(27)15-8-19(26)24(12-15)11-14-5-6-17-18(7-14)29-13-28-17/h5-7,15-16H,8-13,23H2,1-4H3.